The zero-order valence-corrected chi connectivity index (χ0v) is 14.6. The summed E-state index contributed by atoms with van der Waals surface area (Å²) in [6.45, 7) is 3.77. The maximum Gasteiger partial charge on any atom is 0.106 e. The second kappa shape index (κ2) is 5.84. The first kappa shape index (κ1) is 15.8. The van der Waals surface area contributed by atoms with Gasteiger partial charge in [-0.25, -0.2) is 0 Å². The van der Waals surface area contributed by atoms with E-state index in [0.717, 1.165) is 32.1 Å². The number of aliphatic hydroxyl groups is 1. The second-order valence-electron chi connectivity index (χ2n) is 6.20. The van der Waals surface area contributed by atoms with Crippen molar-refractivity contribution >= 4 is 26.8 Å². The molecule has 0 aliphatic heterocycles. The molecule has 2 aromatic carbocycles. The van der Waals surface area contributed by atoms with E-state index in [1.165, 1.54) is 0 Å². The number of nitrogens with zero attached hydrogens (tertiary/aromatic N) is 1. The van der Waals surface area contributed by atoms with E-state index >= 15 is 0 Å². The summed E-state index contributed by atoms with van der Waals surface area (Å²) in [5.74, 6) is 0. The van der Waals surface area contributed by atoms with Gasteiger partial charge in [0, 0.05) is 27.1 Å². The third-order valence-corrected chi connectivity index (χ3v) is 4.69. The standard InChI is InChI=1S/C19H17BrN2O/c1-19(2,11-21)13-5-3-12(4-6-13)18(23)16-10-22-17-8-7-14(20)9-15(16)17/h3-10,18,22-23H,1-2H3. The van der Waals surface area contributed by atoms with Crippen LogP contribution >= 0.6 is 15.9 Å². The van der Waals surface area contributed by atoms with Gasteiger partial charge in [-0.3, -0.25) is 0 Å². The minimum atomic E-state index is -0.711. The molecular formula is C19H17BrN2O. The Morgan fingerprint density at radius 1 is 1.17 bits per heavy atom. The average molecular weight is 369 g/mol. The van der Waals surface area contributed by atoms with Gasteiger partial charge in [0.1, 0.15) is 6.10 Å². The number of rotatable bonds is 3. The Bertz CT molecular complexity index is 888. The number of benzene rings is 2. The Kier molecular flexibility index (Phi) is 4.01. The van der Waals surface area contributed by atoms with Gasteiger partial charge in [-0.2, -0.15) is 5.26 Å². The van der Waals surface area contributed by atoms with Crippen molar-refractivity contribution in [2.24, 2.45) is 0 Å². The molecule has 0 aliphatic rings. The molecule has 0 saturated carbocycles. The Morgan fingerprint density at radius 2 is 1.87 bits per heavy atom. The van der Waals surface area contributed by atoms with Crippen molar-refractivity contribution in [3.8, 4) is 6.07 Å². The average Bonchev–Trinajstić information content (AvgIpc) is 2.97. The molecule has 116 valence electrons. The number of aromatic amines is 1. The lowest BCUT2D eigenvalue weighted by atomic mass is 9.85. The molecular weight excluding hydrogens is 352 g/mol. The Morgan fingerprint density at radius 3 is 2.52 bits per heavy atom. The molecule has 3 aromatic rings. The van der Waals surface area contributed by atoms with Crippen molar-refractivity contribution in [1.29, 1.82) is 5.26 Å². The molecule has 3 rings (SSSR count). The Balaban J connectivity index is 1.98. The van der Waals surface area contributed by atoms with E-state index in [-0.39, 0.29) is 0 Å². The van der Waals surface area contributed by atoms with E-state index in [0.29, 0.717) is 0 Å². The van der Waals surface area contributed by atoms with Gasteiger partial charge in [-0.05, 0) is 43.2 Å². The summed E-state index contributed by atoms with van der Waals surface area (Å²) in [6, 6.07) is 15.8. The van der Waals surface area contributed by atoms with Crippen LogP contribution in [0.1, 0.15) is 36.6 Å². The molecule has 3 nitrogen and oxygen atoms in total. The molecule has 4 heteroatoms. The lowest BCUT2D eigenvalue weighted by molar-refractivity contribution is 0.222. The number of hydrogen-bond donors (Lipinski definition) is 2. The van der Waals surface area contributed by atoms with Crippen molar-refractivity contribution in [2.75, 3.05) is 0 Å². The van der Waals surface area contributed by atoms with Crippen molar-refractivity contribution in [3.05, 3.63) is 69.8 Å². The first-order valence-corrected chi connectivity index (χ1v) is 8.18. The SMILES string of the molecule is CC(C)(C#N)c1ccc(C(O)c2c[nH]c3ccc(Br)cc23)cc1. The van der Waals surface area contributed by atoms with E-state index in [1.807, 2.05) is 62.5 Å². The minimum Gasteiger partial charge on any atom is -0.384 e. The zero-order valence-electron chi connectivity index (χ0n) is 13.0. The largest absolute Gasteiger partial charge is 0.384 e. The molecule has 1 atom stereocenters. The van der Waals surface area contributed by atoms with E-state index in [1.54, 1.807) is 0 Å². The van der Waals surface area contributed by atoms with E-state index in [2.05, 4.69) is 27.0 Å². The number of hydrogen-bond acceptors (Lipinski definition) is 2. The van der Waals surface area contributed by atoms with Crippen LogP contribution in [0, 0.1) is 11.3 Å². The van der Waals surface area contributed by atoms with Gasteiger partial charge in [0.2, 0.25) is 0 Å². The lowest BCUT2D eigenvalue weighted by Gasteiger charge is -2.17. The molecule has 0 bridgehead atoms. The molecule has 23 heavy (non-hydrogen) atoms. The highest BCUT2D eigenvalue weighted by atomic mass is 79.9. The number of aromatic nitrogens is 1. The van der Waals surface area contributed by atoms with Crippen LogP contribution in [0.4, 0.5) is 0 Å². The highest BCUT2D eigenvalue weighted by molar-refractivity contribution is 9.10. The molecule has 0 fully saturated rings. The first-order valence-electron chi connectivity index (χ1n) is 7.38. The van der Waals surface area contributed by atoms with Crippen LogP contribution in [0.25, 0.3) is 10.9 Å². The van der Waals surface area contributed by atoms with Crippen LogP contribution in [-0.4, -0.2) is 10.1 Å². The summed E-state index contributed by atoms with van der Waals surface area (Å²) in [5, 5.41) is 20.9. The van der Waals surface area contributed by atoms with Gasteiger partial charge in [0.15, 0.2) is 0 Å². The van der Waals surface area contributed by atoms with Crippen LogP contribution < -0.4 is 0 Å². The van der Waals surface area contributed by atoms with Gasteiger partial charge >= 0.3 is 0 Å². The summed E-state index contributed by atoms with van der Waals surface area (Å²) in [7, 11) is 0. The Hall–Kier alpha value is -2.09. The minimum absolute atomic E-state index is 0.533. The number of aliphatic hydroxyl groups excluding tert-OH is 1. The van der Waals surface area contributed by atoms with Crippen LogP contribution in [0.3, 0.4) is 0 Å². The first-order chi connectivity index (χ1) is 10.9. The lowest BCUT2D eigenvalue weighted by Crippen LogP contribution is -2.13. The fourth-order valence-corrected chi connectivity index (χ4v) is 3.03. The highest BCUT2D eigenvalue weighted by Crippen LogP contribution is 2.32. The fourth-order valence-electron chi connectivity index (χ4n) is 2.67. The molecule has 1 unspecified atom stereocenters. The molecule has 0 saturated heterocycles. The van der Waals surface area contributed by atoms with Crippen molar-refractivity contribution in [3.63, 3.8) is 0 Å². The van der Waals surface area contributed by atoms with Gasteiger partial charge in [-0.1, -0.05) is 40.2 Å². The third kappa shape index (κ3) is 2.90. The van der Waals surface area contributed by atoms with Gasteiger partial charge in [0.25, 0.3) is 0 Å². The summed E-state index contributed by atoms with van der Waals surface area (Å²) in [5.41, 5.74) is 3.05. The fraction of sp³-hybridized carbons (Fsp3) is 0.211. The van der Waals surface area contributed by atoms with Gasteiger partial charge in [-0.15, -0.1) is 0 Å². The molecule has 0 spiro atoms. The Labute approximate surface area is 143 Å². The summed E-state index contributed by atoms with van der Waals surface area (Å²) < 4.78 is 0.976. The van der Waals surface area contributed by atoms with Crippen LogP contribution in [0.5, 0.6) is 0 Å². The monoisotopic (exact) mass is 368 g/mol. The van der Waals surface area contributed by atoms with Crippen LogP contribution in [-0.2, 0) is 5.41 Å². The number of H-pyrrole nitrogens is 1. The zero-order chi connectivity index (χ0) is 16.6. The molecule has 0 aliphatic carbocycles. The molecule has 1 heterocycles. The van der Waals surface area contributed by atoms with Crippen LogP contribution in [0.2, 0.25) is 0 Å². The predicted molar refractivity (Wildman–Crippen MR) is 95.1 cm³/mol. The predicted octanol–water partition coefficient (Wildman–Crippen LogP) is 4.81. The van der Waals surface area contributed by atoms with E-state index in [4.69, 9.17) is 0 Å². The summed E-state index contributed by atoms with van der Waals surface area (Å²) >= 11 is 3.47. The number of nitrogens with one attached hydrogen (secondary N) is 1. The van der Waals surface area contributed by atoms with E-state index < -0.39 is 11.5 Å². The van der Waals surface area contributed by atoms with E-state index in [9.17, 15) is 10.4 Å². The summed E-state index contributed by atoms with van der Waals surface area (Å²) in [6.07, 6.45) is 1.13. The quantitative estimate of drug-likeness (QED) is 0.696. The van der Waals surface area contributed by atoms with Crippen molar-refractivity contribution in [2.45, 2.75) is 25.4 Å². The van der Waals surface area contributed by atoms with Gasteiger partial charge in [0.05, 0.1) is 11.5 Å². The molecule has 0 radical (unpaired) electrons. The molecule has 1 aromatic heterocycles. The van der Waals surface area contributed by atoms with Crippen LogP contribution in [0.15, 0.2) is 53.1 Å². The smallest absolute Gasteiger partial charge is 0.106 e. The highest BCUT2D eigenvalue weighted by Gasteiger charge is 2.21. The maximum absolute atomic E-state index is 10.7. The normalized spacial score (nSPS) is 13.0. The maximum atomic E-state index is 10.7. The van der Waals surface area contributed by atoms with Crippen molar-refractivity contribution < 1.29 is 5.11 Å². The number of nitriles is 1. The number of fused-ring (bicyclic) bond motifs is 1. The summed E-state index contributed by atoms with van der Waals surface area (Å²) in [4.78, 5) is 3.19. The van der Waals surface area contributed by atoms with Gasteiger partial charge < -0.3 is 10.1 Å². The molecule has 0 amide bonds. The second-order valence-corrected chi connectivity index (χ2v) is 7.11. The third-order valence-electron chi connectivity index (χ3n) is 4.20. The molecule has 2 N–H and O–H groups in total. The number of halogens is 1. The van der Waals surface area contributed by atoms with Crippen molar-refractivity contribution in [1.82, 2.24) is 4.98 Å². The topological polar surface area (TPSA) is 59.8 Å².